The van der Waals surface area contributed by atoms with E-state index in [0.29, 0.717) is 31.9 Å². The Labute approximate surface area is 165 Å². The lowest BCUT2D eigenvalue weighted by molar-refractivity contribution is 0.0351. The highest BCUT2D eigenvalue weighted by Crippen LogP contribution is 2.15. The zero-order valence-corrected chi connectivity index (χ0v) is 15.9. The van der Waals surface area contributed by atoms with Crippen molar-refractivity contribution >= 4 is 10.9 Å². The van der Waals surface area contributed by atoms with Crippen molar-refractivity contribution in [1.29, 1.82) is 0 Å². The van der Waals surface area contributed by atoms with Crippen LogP contribution in [0.1, 0.15) is 0 Å². The number of hydrogen-bond acceptors (Lipinski definition) is 5. The van der Waals surface area contributed by atoms with Gasteiger partial charge in [0.2, 0.25) is 0 Å². The van der Waals surface area contributed by atoms with Crippen LogP contribution in [0.4, 0.5) is 0 Å². The van der Waals surface area contributed by atoms with Gasteiger partial charge in [-0.05, 0) is 29.7 Å². The zero-order chi connectivity index (χ0) is 19.8. The first-order valence-corrected chi connectivity index (χ1v) is 9.57. The second-order valence-corrected chi connectivity index (χ2v) is 6.94. The van der Waals surface area contributed by atoms with Crippen LogP contribution < -0.4 is 4.74 Å². The molecule has 0 fully saturated rings. The minimum atomic E-state index is -0.716. The number of rotatable bonds is 11. The van der Waals surface area contributed by atoms with Gasteiger partial charge in [-0.3, -0.25) is 4.90 Å². The molecular weight excluding hydrogens is 356 g/mol. The van der Waals surface area contributed by atoms with E-state index in [0.717, 1.165) is 10.9 Å². The van der Waals surface area contributed by atoms with Gasteiger partial charge < -0.3 is 24.6 Å². The van der Waals surface area contributed by atoms with Crippen molar-refractivity contribution in [1.82, 2.24) is 9.47 Å². The quantitative estimate of drug-likeness (QED) is 0.469. The van der Waals surface area contributed by atoms with Crippen molar-refractivity contribution in [3.63, 3.8) is 0 Å². The van der Waals surface area contributed by atoms with Crippen molar-refractivity contribution in [2.45, 2.75) is 18.8 Å². The molecule has 28 heavy (non-hydrogen) atoms. The van der Waals surface area contributed by atoms with Gasteiger partial charge in [0.05, 0.1) is 12.7 Å². The monoisotopic (exact) mass is 384 g/mol. The number of benzene rings is 2. The predicted molar refractivity (Wildman–Crippen MR) is 109 cm³/mol. The lowest BCUT2D eigenvalue weighted by Crippen LogP contribution is -2.42. The molecule has 0 saturated carbocycles. The SMILES string of the molecule is OCCN(C[C@@H](O)COc1ccccc1)C[C@H](O)Cn1ccc2ccccc21. The molecule has 2 aromatic carbocycles. The molecule has 3 N–H and O–H groups in total. The maximum atomic E-state index is 10.5. The molecule has 0 radical (unpaired) electrons. The smallest absolute Gasteiger partial charge is 0.119 e. The van der Waals surface area contributed by atoms with Gasteiger partial charge in [-0.15, -0.1) is 0 Å². The molecule has 1 aromatic heterocycles. The molecule has 0 saturated heterocycles. The molecule has 0 aliphatic rings. The average Bonchev–Trinajstić information content (AvgIpc) is 3.10. The van der Waals surface area contributed by atoms with E-state index in [1.807, 2.05) is 76.3 Å². The number of hydrogen-bond donors (Lipinski definition) is 3. The van der Waals surface area contributed by atoms with E-state index in [9.17, 15) is 15.3 Å². The van der Waals surface area contributed by atoms with E-state index in [2.05, 4.69) is 0 Å². The Balaban J connectivity index is 1.51. The van der Waals surface area contributed by atoms with Gasteiger partial charge in [0.25, 0.3) is 0 Å². The molecule has 3 aromatic rings. The summed E-state index contributed by atoms with van der Waals surface area (Å²) in [7, 11) is 0. The molecule has 0 bridgehead atoms. The van der Waals surface area contributed by atoms with Crippen LogP contribution in [0.3, 0.4) is 0 Å². The molecule has 6 nitrogen and oxygen atoms in total. The Morgan fingerprint density at radius 3 is 2.39 bits per heavy atom. The standard InChI is InChI=1S/C22H28N2O4/c25-13-12-23(15-20(27)17-28-21-7-2-1-3-8-21)14-19(26)16-24-11-10-18-6-4-5-9-22(18)24/h1-11,19-20,25-27H,12-17H2/t19-,20+/m0/s1. The van der Waals surface area contributed by atoms with Gasteiger partial charge in [-0.25, -0.2) is 0 Å². The second-order valence-electron chi connectivity index (χ2n) is 6.94. The van der Waals surface area contributed by atoms with Gasteiger partial charge >= 0.3 is 0 Å². The first-order chi connectivity index (χ1) is 13.7. The fraction of sp³-hybridized carbons (Fsp3) is 0.364. The highest BCUT2D eigenvalue weighted by molar-refractivity contribution is 5.79. The molecular formula is C22H28N2O4. The maximum Gasteiger partial charge on any atom is 0.119 e. The molecule has 0 spiro atoms. The number of fused-ring (bicyclic) bond motifs is 1. The number of aliphatic hydroxyl groups excluding tert-OH is 3. The van der Waals surface area contributed by atoms with Crippen LogP contribution in [-0.2, 0) is 6.54 Å². The van der Waals surface area contributed by atoms with Crippen molar-refractivity contribution in [3.8, 4) is 5.75 Å². The van der Waals surface area contributed by atoms with Crippen LogP contribution in [0, 0.1) is 0 Å². The maximum absolute atomic E-state index is 10.5. The summed E-state index contributed by atoms with van der Waals surface area (Å²) in [4.78, 5) is 1.86. The summed E-state index contributed by atoms with van der Waals surface area (Å²) in [6.45, 7) is 1.62. The van der Waals surface area contributed by atoms with E-state index in [1.165, 1.54) is 0 Å². The van der Waals surface area contributed by atoms with Gasteiger partial charge in [0, 0.05) is 37.9 Å². The van der Waals surface area contributed by atoms with Crippen LogP contribution in [0.2, 0.25) is 0 Å². The molecule has 1 heterocycles. The van der Waals surface area contributed by atoms with E-state index in [-0.39, 0.29) is 13.2 Å². The van der Waals surface area contributed by atoms with Gasteiger partial charge in [0.15, 0.2) is 0 Å². The molecule has 0 aliphatic heterocycles. The molecule has 150 valence electrons. The normalized spacial score (nSPS) is 13.7. The Morgan fingerprint density at radius 1 is 0.893 bits per heavy atom. The predicted octanol–water partition coefficient (Wildman–Crippen LogP) is 1.74. The first kappa shape index (κ1) is 20.4. The van der Waals surface area contributed by atoms with E-state index < -0.39 is 12.2 Å². The van der Waals surface area contributed by atoms with Crippen molar-refractivity contribution < 1.29 is 20.1 Å². The Hall–Kier alpha value is -2.38. The zero-order valence-electron chi connectivity index (χ0n) is 15.9. The first-order valence-electron chi connectivity index (χ1n) is 9.57. The molecule has 3 rings (SSSR count). The number of aromatic nitrogens is 1. The lowest BCUT2D eigenvalue weighted by Gasteiger charge is -2.27. The molecule has 0 amide bonds. The third-order valence-corrected chi connectivity index (χ3v) is 4.63. The van der Waals surface area contributed by atoms with Crippen LogP contribution in [0.5, 0.6) is 5.75 Å². The second kappa shape index (κ2) is 10.2. The summed E-state index contributed by atoms with van der Waals surface area (Å²) in [6, 6.07) is 19.4. The minimum Gasteiger partial charge on any atom is -0.491 e. The minimum absolute atomic E-state index is 0.0363. The molecule has 0 aliphatic carbocycles. The van der Waals surface area contributed by atoms with Crippen LogP contribution >= 0.6 is 0 Å². The summed E-state index contributed by atoms with van der Waals surface area (Å²) in [6.07, 6.45) is 0.628. The van der Waals surface area contributed by atoms with Gasteiger partial charge in [-0.1, -0.05) is 36.4 Å². The Kier molecular flexibility index (Phi) is 7.45. The highest BCUT2D eigenvalue weighted by Gasteiger charge is 2.17. The number of para-hydroxylation sites is 2. The van der Waals surface area contributed by atoms with Gasteiger partial charge in [0.1, 0.15) is 18.5 Å². The summed E-state index contributed by atoms with van der Waals surface area (Å²) in [5.74, 6) is 0.703. The van der Waals surface area contributed by atoms with Crippen molar-refractivity contribution in [3.05, 3.63) is 66.9 Å². The van der Waals surface area contributed by atoms with E-state index >= 15 is 0 Å². The third kappa shape index (κ3) is 5.81. The lowest BCUT2D eigenvalue weighted by atomic mass is 10.2. The van der Waals surface area contributed by atoms with E-state index in [1.54, 1.807) is 0 Å². The topological polar surface area (TPSA) is 78.1 Å². The Morgan fingerprint density at radius 2 is 1.61 bits per heavy atom. The molecule has 0 unspecified atom stereocenters. The van der Waals surface area contributed by atoms with Crippen molar-refractivity contribution in [2.24, 2.45) is 0 Å². The fourth-order valence-electron chi connectivity index (χ4n) is 3.34. The largest absolute Gasteiger partial charge is 0.491 e. The summed E-state index contributed by atoms with van der Waals surface area (Å²) in [5, 5.41) is 31.3. The van der Waals surface area contributed by atoms with E-state index in [4.69, 9.17) is 4.74 Å². The van der Waals surface area contributed by atoms with Crippen LogP contribution in [0.25, 0.3) is 10.9 Å². The summed E-state index contributed by atoms with van der Waals surface area (Å²) < 4.78 is 7.60. The van der Waals surface area contributed by atoms with Gasteiger partial charge in [-0.2, -0.15) is 0 Å². The summed E-state index contributed by atoms with van der Waals surface area (Å²) in [5.41, 5.74) is 1.08. The van der Waals surface area contributed by atoms with Crippen LogP contribution in [0.15, 0.2) is 66.9 Å². The molecule has 2 atom stereocenters. The number of nitrogens with zero attached hydrogens (tertiary/aromatic N) is 2. The Bertz CT molecular complexity index is 837. The summed E-state index contributed by atoms with van der Waals surface area (Å²) >= 11 is 0. The highest BCUT2D eigenvalue weighted by atomic mass is 16.5. The fourth-order valence-corrected chi connectivity index (χ4v) is 3.34. The average molecular weight is 384 g/mol. The molecule has 6 heteroatoms. The number of aliphatic hydroxyl groups is 3. The van der Waals surface area contributed by atoms with Crippen molar-refractivity contribution in [2.75, 3.05) is 32.8 Å². The van der Waals surface area contributed by atoms with Crippen LogP contribution in [-0.4, -0.2) is 69.8 Å². The third-order valence-electron chi connectivity index (χ3n) is 4.63. The number of ether oxygens (including phenoxy) is 1.